The highest BCUT2D eigenvalue weighted by molar-refractivity contribution is 6.30. The van der Waals surface area contributed by atoms with Crippen molar-refractivity contribution in [2.75, 3.05) is 19.8 Å². The molecule has 0 aromatic heterocycles. The van der Waals surface area contributed by atoms with Crippen LogP contribution in [0.15, 0.2) is 24.3 Å². The van der Waals surface area contributed by atoms with Gasteiger partial charge in [0.25, 0.3) is 0 Å². The van der Waals surface area contributed by atoms with Crippen LogP contribution in [-0.2, 0) is 4.74 Å². The average molecular weight is 198 g/mol. The molecule has 1 atom stereocenters. The Bertz CT molecular complexity index is 267. The highest BCUT2D eigenvalue weighted by Gasteiger charge is 2.14. The maximum Gasteiger partial charge on any atom is 0.0662 e. The SMILES string of the molecule is Clc1ccc([C@H]2COCCN2)cc1. The van der Waals surface area contributed by atoms with E-state index in [9.17, 15) is 0 Å². The van der Waals surface area contributed by atoms with Gasteiger partial charge in [0.15, 0.2) is 0 Å². The molecule has 0 bridgehead atoms. The number of halogens is 1. The van der Waals surface area contributed by atoms with Gasteiger partial charge in [0, 0.05) is 11.6 Å². The number of benzene rings is 1. The molecule has 13 heavy (non-hydrogen) atoms. The van der Waals surface area contributed by atoms with E-state index in [0.717, 1.165) is 24.8 Å². The minimum Gasteiger partial charge on any atom is -0.378 e. The quantitative estimate of drug-likeness (QED) is 0.744. The van der Waals surface area contributed by atoms with Gasteiger partial charge in [0.2, 0.25) is 0 Å². The molecule has 1 aliphatic rings. The average Bonchev–Trinajstić information content (AvgIpc) is 2.20. The summed E-state index contributed by atoms with van der Waals surface area (Å²) < 4.78 is 5.37. The summed E-state index contributed by atoms with van der Waals surface area (Å²) in [6, 6.07) is 8.22. The van der Waals surface area contributed by atoms with Gasteiger partial charge in [-0.1, -0.05) is 23.7 Å². The molecule has 3 heteroatoms. The van der Waals surface area contributed by atoms with Gasteiger partial charge in [-0.25, -0.2) is 0 Å². The number of nitrogens with one attached hydrogen (secondary N) is 1. The molecular formula is C10H12ClNO. The zero-order valence-electron chi connectivity index (χ0n) is 7.29. The molecule has 1 saturated heterocycles. The van der Waals surface area contributed by atoms with Crippen molar-refractivity contribution in [1.29, 1.82) is 0 Å². The van der Waals surface area contributed by atoms with Gasteiger partial charge in [-0.2, -0.15) is 0 Å². The van der Waals surface area contributed by atoms with Crippen LogP contribution in [-0.4, -0.2) is 19.8 Å². The lowest BCUT2D eigenvalue weighted by molar-refractivity contribution is 0.0769. The third-order valence-corrected chi connectivity index (χ3v) is 2.45. The molecule has 2 nitrogen and oxygen atoms in total. The van der Waals surface area contributed by atoms with Crippen molar-refractivity contribution in [1.82, 2.24) is 5.32 Å². The van der Waals surface area contributed by atoms with E-state index in [1.54, 1.807) is 0 Å². The number of hydrogen-bond donors (Lipinski definition) is 1. The van der Waals surface area contributed by atoms with Crippen LogP contribution >= 0.6 is 11.6 Å². The lowest BCUT2D eigenvalue weighted by Gasteiger charge is -2.24. The van der Waals surface area contributed by atoms with Gasteiger partial charge in [0.1, 0.15) is 0 Å². The van der Waals surface area contributed by atoms with Crippen LogP contribution in [0.3, 0.4) is 0 Å². The monoisotopic (exact) mass is 197 g/mol. The Balaban J connectivity index is 2.10. The summed E-state index contributed by atoms with van der Waals surface area (Å²) in [5.41, 5.74) is 1.24. The first-order valence-electron chi connectivity index (χ1n) is 4.43. The molecule has 0 unspecified atom stereocenters. The minimum atomic E-state index is 0.325. The zero-order chi connectivity index (χ0) is 9.10. The Kier molecular flexibility index (Phi) is 2.83. The van der Waals surface area contributed by atoms with E-state index in [2.05, 4.69) is 5.32 Å². The molecule has 1 aliphatic heterocycles. The van der Waals surface area contributed by atoms with Crippen LogP contribution in [0.4, 0.5) is 0 Å². The summed E-state index contributed by atoms with van der Waals surface area (Å²) in [6.45, 7) is 2.49. The van der Waals surface area contributed by atoms with Gasteiger partial charge >= 0.3 is 0 Å². The van der Waals surface area contributed by atoms with Crippen molar-refractivity contribution in [3.05, 3.63) is 34.9 Å². The number of morpholine rings is 1. The zero-order valence-corrected chi connectivity index (χ0v) is 8.05. The van der Waals surface area contributed by atoms with Crippen LogP contribution < -0.4 is 5.32 Å². The Morgan fingerprint density at radius 1 is 1.31 bits per heavy atom. The number of ether oxygens (including phenoxy) is 1. The third kappa shape index (κ3) is 2.21. The van der Waals surface area contributed by atoms with Crippen LogP contribution in [0.5, 0.6) is 0 Å². The highest BCUT2D eigenvalue weighted by Crippen LogP contribution is 2.18. The largest absolute Gasteiger partial charge is 0.378 e. The lowest BCUT2D eigenvalue weighted by atomic mass is 10.1. The van der Waals surface area contributed by atoms with Crippen molar-refractivity contribution < 1.29 is 4.74 Å². The molecule has 0 radical (unpaired) electrons. The molecular weight excluding hydrogens is 186 g/mol. The van der Waals surface area contributed by atoms with E-state index in [0.29, 0.717) is 6.04 Å². The van der Waals surface area contributed by atoms with Gasteiger partial charge < -0.3 is 10.1 Å². The molecule has 70 valence electrons. The van der Waals surface area contributed by atoms with E-state index in [-0.39, 0.29) is 0 Å². The topological polar surface area (TPSA) is 21.3 Å². The first-order chi connectivity index (χ1) is 6.36. The second-order valence-corrected chi connectivity index (χ2v) is 3.57. The normalized spacial score (nSPS) is 23.0. The van der Waals surface area contributed by atoms with Crippen LogP contribution in [0.1, 0.15) is 11.6 Å². The summed E-state index contributed by atoms with van der Waals surface area (Å²) in [7, 11) is 0. The number of hydrogen-bond acceptors (Lipinski definition) is 2. The first kappa shape index (κ1) is 9.00. The van der Waals surface area contributed by atoms with Gasteiger partial charge in [-0.05, 0) is 17.7 Å². The maximum absolute atomic E-state index is 5.80. The molecule has 1 heterocycles. The van der Waals surface area contributed by atoms with Gasteiger partial charge in [-0.15, -0.1) is 0 Å². The molecule has 0 aliphatic carbocycles. The Morgan fingerprint density at radius 2 is 2.08 bits per heavy atom. The molecule has 0 amide bonds. The van der Waals surface area contributed by atoms with Crippen LogP contribution in [0.25, 0.3) is 0 Å². The Labute approximate surface area is 82.9 Å². The summed E-state index contributed by atoms with van der Waals surface area (Å²) in [5, 5.41) is 4.16. The molecule has 2 rings (SSSR count). The molecule has 1 aromatic rings. The van der Waals surface area contributed by atoms with E-state index >= 15 is 0 Å². The summed E-state index contributed by atoms with van der Waals surface area (Å²) in [6.07, 6.45) is 0. The summed E-state index contributed by atoms with van der Waals surface area (Å²) >= 11 is 5.80. The fourth-order valence-electron chi connectivity index (χ4n) is 1.47. The fraction of sp³-hybridized carbons (Fsp3) is 0.400. The molecule has 0 spiro atoms. The third-order valence-electron chi connectivity index (χ3n) is 2.19. The van der Waals surface area contributed by atoms with Crippen LogP contribution in [0.2, 0.25) is 5.02 Å². The van der Waals surface area contributed by atoms with Crippen molar-refractivity contribution in [3.8, 4) is 0 Å². The summed E-state index contributed by atoms with van der Waals surface area (Å²) in [4.78, 5) is 0. The second kappa shape index (κ2) is 4.09. The van der Waals surface area contributed by atoms with Crippen LogP contribution in [0, 0.1) is 0 Å². The summed E-state index contributed by atoms with van der Waals surface area (Å²) in [5.74, 6) is 0. The second-order valence-electron chi connectivity index (χ2n) is 3.13. The van der Waals surface area contributed by atoms with E-state index < -0.39 is 0 Å². The predicted molar refractivity (Wildman–Crippen MR) is 53.0 cm³/mol. The van der Waals surface area contributed by atoms with E-state index in [4.69, 9.17) is 16.3 Å². The van der Waals surface area contributed by atoms with E-state index in [1.165, 1.54) is 5.56 Å². The van der Waals surface area contributed by atoms with E-state index in [1.807, 2.05) is 24.3 Å². The van der Waals surface area contributed by atoms with Crippen molar-refractivity contribution in [2.45, 2.75) is 6.04 Å². The molecule has 0 saturated carbocycles. The Morgan fingerprint density at radius 3 is 2.69 bits per heavy atom. The standard InChI is InChI=1S/C10H12ClNO/c11-9-3-1-8(2-4-9)10-7-13-6-5-12-10/h1-4,10,12H,5-7H2/t10-/m1/s1. The van der Waals surface area contributed by atoms with Gasteiger partial charge in [-0.3, -0.25) is 0 Å². The molecule has 1 N–H and O–H groups in total. The fourth-order valence-corrected chi connectivity index (χ4v) is 1.60. The van der Waals surface area contributed by atoms with Gasteiger partial charge in [0.05, 0.1) is 19.3 Å². The Hall–Kier alpha value is -0.570. The molecule has 1 fully saturated rings. The van der Waals surface area contributed by atoms with Crippen molar-refractivity contribution in [3.63, 3.8) is 0 Å². The lowest BCUT2D eigenvalue weighted by Crippen LogP contribution is -2.34. The minimum absolute atomic E-state index is 0.325. The predicted octanol–water partition coefficient (Wildman–Crippen LogP) is 2.00. The maximum atomic E-state index is 5.80. The highest BCUT2D eigenvalue weighted by atomic mass is 35.5. The van der Waals surface area contributed by atoms with Crippen molar-refractivity contribution in [2.24, 2.45) is 0 Å². The van der Waals surface area contributed by atoms with Crippen molar-refractivity contribution >= 4 is 11.6 Å². The smallest absolute Gasteiger partial charge is 0.0662 e. The number of rotatable bonds is 1. The first-order valence-corrected chi connectivity index (χ1v) is 4.80. The molecule has 1 aromatic carbocycles.